The van der Waals surface area contributed by atoms with E-state index in [-0.39, 0.29) is 17.4 Å². The Bertz CT molecular complexity index is 899. The van der Waals surface area contributed by atoms with Crippen molar-refractivity contribution < 1.29 is 9.18 Å². The van der Waals surface area contributed by atoms with E-state index >= 15 is 0 Å². The van der Waals surface area contributed by atoms with Gasteiger partial charge in [-0.1, -0.05) is 36.4 Å². The number of anilines is 2. The molecule has 0 unspecified atom stereocenters. The Hall–Kier alpha value is -3.28. The molecule has 0 bridgehead atoms. The quantitative estimate of drug-likeness (QED) is 0.712. The van der Waals surface area contributed by atoms with Crippen LogP contribution in [0.25, 0.3) is 0 Å². The molecule has 0 aliphatic rings. The number of carbonyl (C=O) groups is 1. The molecule has 26 heavy (non-hydrogen) atoms. The first kappa shape index (κ1) is 17.5. The van der Waals surface area contributed by atoms with Crippen molar-refractivity contribution in [3.05, 3.63) is 83.4 Å². The average molecular weight is 350 g/mol. The lowest BCUT2D eigenvalue weighted by molar-refractivity contribution is 0.0949. The van der Waals surface area contributed by atoms with Crippen LogP contribution in [0.2, 0.25) is 0 Å². The van der Waals surface area contributed by atoms with Gasteiger partial charge in [0.25, 0.3) is 5.91 Å². The lowest BCUT2D eigenvalue weighted by Gasteiger charge is -2.09. The summed E-state index contributed by atoms with van der Waals surface area (Å²) in [6.45, 7) is 2.12. The minimum Gasteiger partial charge on any atom is -0.350 e. The summed E-state index contributed by atoms with van der Waals surface area (Å²) < 4.78 is 13.6. The summed E-state index contributed by atoms with van der Waals surface area (Å²) >= 11 is 0. The van der Waals surface area contributed by atoms with Crippen molar-refractivity contribution in [2.24, 2.45) is 0 Å². The minimum absolute atomic E-state index is 0.268. The molecular formula is C20H19FN4O. The molecule has 2 N–H and O–H groups in total. The van der Waals surface area contributed by atoms with E-state index in [0.29, 0.717) is 30.2 Å². The molecule has 2 aromatic carbocycles. The Balaban J connectivity index is 1.64. The maximum Gasteiger partial charge on any atom is 0.270 e. The summed E-state index contributed by atoms with van der Waals surface area (Å²) in [6.07, 6.45) is 0.414. The van der Waals surface area contributed by atoms with Crippen LogP contribution in [0, 0.1) is 12.7 Å². The number of nitrogens with zero attached hydrogens (tertiary/aromatic N) is 2. The molecule has 0 aliphatic carbocycles. The first-order chi connectivity index (χ1) is 12.6. The zero-order valence-electron chi connectivity index (χ0n) is 14.4. The molecule has 1 amide bonds. The molecule has 0 aliphatic heterocycles. The number of hydrogen-bond donors (Lipinski definition) is 2. The first-order valence-electron chi connectivity index (χ1n) is 8.31. The topological polar surface area (TPSA) is 66.9 Å². The van der Waals surface area contributed by atoms with Crippen LogP contribution in [0.3, 0.4) is 0 Å². The molecule has 3 aromatic rings. The van der Waals surface area contributed by atoms with E-state index in [2.05, 4.69) is 20.6 Å². The van der Waals surface area contributed by atoms with Crippen molar-refractivity contribution in [1.29, 1.82) is 0 Å². The number of benzene rings is 2. The number of rotatable bonds is 6. The summed E-state index contributed by atoms with van der Waals surface area (Å²) in [7, 11) is 0. The maximum absolute atomic E-state index is 13.6. The van der Waals surface area contributed by atoms with E-state index in [9.17, 15) is 9.18 Å². The van der Waals surface area contributed by atoms with E-state index < -0.39 is 0 Å². The zero-order valence-corrected chi connectivity index (χ0v) is 14.4. The number of aromatic nitrogens is 2. The number of nitrogens with one attached hydrogen (secondary N) is 2. The lowest BCUT2D eigenvalue weighted by Crippen LogP contribution is -2.27. The van der Waals surface area contributed by atoms with E-state index in [1.54, 1.807) is 31.2 Å². The largest absolute Gasteiger partial charge is 0.350 e. The normalized spacial score (nSPS) is 10.4. The molecule has 0 radical (unpaired) electrons. The Morgan fingerprint density at radius 1 is 1.04 bits per heavy atom. The van der Waals surface area contributed by atoms with Crippen LogP contribution in [0.5, 0.6) is 0 Å². The Labute approximate surface area is 151 Å². The van der Waals surface area contributed by atoms with Crippen molar-refractivity contribution in [1.82, 2.24) is 15.3 Å². The van der Waals surface area contributed by atoms with Crippen molar-refractivity contribution >= 4 is 17.5 Å². The van der Waals surface area contributed by atoms with Gasteiger partial charge in [0, 0.05) is 17.9 Å². The van der Waals surface area contributed by atoms with E-state index in [1.807, 2.05) is 30.3 Å². The fourth-order valence-corrected chi connectivity index (χ4v) is 2.49. The predicted octanol–water partition coefficient (Wildman–Crippen LogP) is 3.64. The van der Waals surface area contributed by atoms with Gasteiger partial charge < -0.3 is 10.6 Å². The molecule has 132 valence electrons. The second-order valence-corrected chi connectivity index (χ2v) is 5.81. The number of hydrogen-bond acceptors (Lipinski definition) is 4. The Morgan fingerprint density at radius 2 is 1.77 bits per heavy atom. The van der Waals surface area contributed by atoms with Gasteiger partial charge in [-0.3, -0.25) is 4.79 Å². The number of amides is 1. The van der Waals surface area contributed by atoms with Gasteiger partial charge in [0.05, 0.1) is 0 Å². The highest BCUT2D eigenvalue weighted by Crippen LogP contribution is 2.13. The van der Waals surface area contributed by atoms with Gasteiger partial charge in [0.1, 0.15) is 11.5 Å². The molecule has 5 nitrogen and oxygen atoms in total. The maximum atomic E-state index is 13.6. The number of carbonyl (C=O) groups excluding carboxylic acids is 1. The van der Waals surface area contributed by atoms with Gasteiger partial charge in [-0.15, -0.1) is 0 Å². The highest BCUT2D eigenvalue weighted by Gasteiger charge is 2.11. The van der Waals surface area contributed by atoms with Crippen molar-refractivity contribution in [2.45, 2.75) is 13.3 Å². The molecular weight excluding hydrogens is 331 g/mol. The SMILES string of the molecule is Cc1cc(C(=O)NCCc2ccccc2F)nc(Nc2ccccc2)n1. The third kappa shape index (κ3) is 4.63. The highest BCUT2D eigenvalue weighted by atomic mass is 19.1. The van der Waals surface area contributed by atoms with Gasteiger partial charge in [-0.2, -0.15) is 0 Å². The third-order valence-corrected chi connectivity index (χ3v) is 3.75. The molecule has 3 rings (SSSR count). The predicted molar refractivity (Wildman–Crippen MR) is 98.9 cm³/mol. The van der Waals surface area contributed by atoms with Crippen LogP contribution < -0.4 is 10.6 Å². The molecule has 1 heterocycles. The van der Waals surface area contributed by atoms with Crippen LogP contribution in [-0.2, 0) is 6.42 Å². The molecule has 6 heteroatoms. The van der Waals surface area contributed by atoms with Crippen molar-refractivity contribution in [3.63, 3.8) is 0 Å². The van der Waals surface area contributed by atoms with Gasteiger partial charge in [0.15, 0.2) is 0 Å². The third-order valence-electron chi connectivity index (χ3n) is 3.75. The van der Waals surface area contributed by atoms with Crippen LogP contribution in [0.1, 0.15) is 21.7 Å². The fourth-order valence-electron chi connectivity index (χ4n) is 2.49. The summed E-state index contributed by atoms with van der Waals surface area (Å²) in [5, 5.41) is 5.85. The second kappa shape index (κ2) is 8.20. The molecule has 0 atom stereocenters. The van der Waals surface area contributed by atoms with Crippen LogP contribution in [0.4, 0.5) is 16.0 Å². The number of para-hydroxylation sites is 1. The zero-order chi connectivity index (χ0) is 18.4. The second-order valence-electron chi connectivity index (χ2n) is 5.81. The van der Waals surface area contributed by atoms with Crippen LogP contribution in [-0.4, -0.2) is 22.4 Å². The van der Waals surface area contributed by atoms with Gasteiger partial charge in [-0.25, -0.2) is 14.4 Å². The summed E-state index contributed by atoms with van der Waals surface area (Å²) in [6, 6.07) is 17.6. The summed E-state index contributed by atoms with van der Waals surface area (Å²) in [4.78, 5) is 20.9. The smallest absolute Gasteiger partial charge is 0.270 e. The Morgan fingerprint density at radius 3 is 2.54 bits per heavy atom. The monoisotopic (exact) mass is 350 g/mol. The molecule has 0 saturated heterocycles. The van der Waals surface area contributed by atoms with Crippen molar-refractivity contribution in [2.75, 3.05) is 11.9 Å². The van der Waals surface area contributed by atoms with E-state index in [4.69, 9.17) is 0 Å². The van der Waals surface area contributed by atoms with Crippen molar-refractivity contribution in [3.8, 4) is 0 Å². The molecule has 0 saturated carbocycles. The lowest BCUT2D eigenvalue weighted by atomic mass is 10.1. The van der Waals surface area contributed by atoms with Gasteiger partial charge in [-0.05, 0) is 43.2 Å². The highest BCUT2D eigenvalue weighted by molar-refractivity contribution is 5.92. The molecule has 1 aromatic heterocycles. The number of aryl methyl sites for hydroxylation is 1. The van der Waals surface area contributed by atoms with E-state index in [1.165, 1.54) is 6.07 Å². The van der Waals surface area contributed by atoms with Gasteiger partial charge >= 0.3 is 0 Å². The van der Waals surface area contributed by atoms with Crippen LogP contribution in [0.15, 0.2) is 60.7 Å². The number of halogens is 1. The molecule has 0 spiro atoms. The molecule has 0 fully saturated rings. The minimum atomic E-state index is -0.317. The van der Waals surface area contributed by atoms with E-state index in [0.717, 1.165) is 5.69 Å². The first-order valence-corrected chi connectivity index (χ1v) is 8.31. The summed E-state index contributed by atoms with van der Waals surface area (Å²) in [5.41, 5.74) is 2.35. The standard InChI is InChI=1S/C20H19FN4O/c1-14-13-18(25-20(23-14)24-16-8-3-2-4-9-16)19(26)22-12-11-15-7-5-6-10-17(15)21/h2-10,13H,11-12H2,1H3,(H,22,26)(H,23,24,25). The van der Waals surface area contributed by atoms with Gasteiger partial charge in [0.2, 0.25) is 5.95 Å². The summed E-state index contributed by atoms with van der Waals surface area (Å²) in [5.74, 6) is -0.229. The van der Waals surface area contributed by atoms with Crippen LogP contribution >= 0.6 is 0 Å². The Kier molecular flexibility index (Phi) is 5.53. The average Bonchev–Trinajstić information content (AvgIpc) is 2.63. The fraction of sp³-hybridized carbons (Fsp3) is 0.150.